The molecule has 0 saturated heterocycles. The number of thioether (sulfide) groups is 1. The fraction of sp³-hybridized carbons (Fsp3) is 0.909. The van der Waals surface area contributed by atoms with Gasteiger partial charge >= 0.3 is 12.1 Å². The van der Waals surface area contributed by atoms with Crippen LogP contribution in [0.4, 0.5) is 13.2 Å². The van der Waals surface area contributed by atoms with E-state index in [4.69, 9.17) is 4.74 Å². The maximum atomic E-state index is 11.9. The molecular formula is C11H19F3O2S. The molecule has 6 heteroatoms. The van der Waals surface area contributed by atoms with Crippen LogP contribution < -0.4 is 0 Å². The summed E-state index contributed by atoms with van der Waals surface area (Å²) in [7, 11) is 0. The topological polar surface area (TPSA) is 26.3 Å². The molecule has 0 aliphatic rings. The van der Waals surface area contributed by atoms with Crippen LogP contribution in [0.1, 0.15) is 39.5 Å². The molecule has 0 aromatic carbocycles. The van der Waals surface area contributed by atoms with Crippen LogP contribution in [0, 0.1) is 0 Å². The molecule has 0 aliphatic carbocycles. The van der Waals surface area contributed by atoms with Crippen molar-refractivity contribution in [3.8, 4) is 0 Å². The first-order valence-electron chi connectivity index (χ1n) is 5.73. The largest absolute Gasteiger partial charge is 0.464 e. The van der Waals surface area contributed by atoms with Gasteiger partial charge < -0.3 is 4.74 Å². The fourth-order valence-electron chi connectivity index (χ4n) is 1.09. The second kappa shape index (κ2) is 8.66. The van der Waals surface area contributed by atoms with Crippen molar-refractivity contribution >= 4 is 17.7 Å². The van der Waals surface area contributed by atoms with Gasteiger partial charge in [0, 0.05) is 17.4 Å². The van der Waals surface area contributed by atoms with Crippen molar-refractivity contribution < 1.29 is 22.7 Å². The SMILES string of the molecule is CCCC(=O)OCC(CC)SCCC(F)(F)F. The molecule has 102 valence electrons. The van der Waals surface area contributed by atoms with Crippen molar-refractivity contribution in [1.29, 1.82) is 0 Å². The van der Waals surface area contributed by atoms with Crippen LogP contribution in [0.3, 0.4) is 0 Å². The molecule has 17 heavy (non-hydrogen) atoms. The summed E-state index contributed by atoms with van der Waals surface area (Å²) in [6.07, 6.45) is -3.12. The van der Waals surface area contributed by atoms with Gasteiger partial charge in [0.2, 0.25) is 0 Å². The van der Waals surface area contributed by atoms with Crippen molar-refractivity contribution in [2.75, 3.05) is 12.4 Å². The molecule has 1 unspecified atom stereocenters. The molecule has 0 aromatic rings. The second-order valence-corrected chi connectivity index (χ2v) is 5.11. The van der Waals surface area contributed by atoms with Gasteiger partial charge in [0.15, 0.2) is 0 Å². The van der Waals surface area contributed by atoms with E-state index in [0.717, 1.165) is 6.42 Å². The van der Waals surface area contributed by atoms with Crippen LogP contribution in [-0.2, 0) is 9.53 Å². The van der Waals surface area contributed by atoms with E-state index >= 15 is 0 Å². The minimum absolute atomic E-state index is 0.0212. The Morgan fingerprint density at radius 3 is 2.47 bits per heavy atom. The highest BCUT2D eigenvalue weighted by molar-refractivity contribution is 7.99. The molecule has 0 spiro atoms. The normalized spacial score (nSPS) is 13.5. The molecule has 2 nitrogen and oxygen atoms in total. The van der Waals surface area contributed by atoms with Crippen molar-refractivity contribution in [3.05, 3.63) is 0 Å². The molecular weight excluding hydrogens is 253 g/mol. The Kier molecular flexibility index (Phi) is 8.47. The third kappa shape index (κ3) is 10.5. The van der Waals surface area contributed by atoms with E-state index in [-0.39, 0.29) is 23.6 Å². The average molecular weight is 272 g/mol. The predicted molar refractivity (Wildman–Crippen MR) is 63.1 cm³/mol. The van der Waals surface area contributed by atoms with Crippen molar-refractivity contribution in [3.63, 3.8) is 0 Å². The van der Waals surface area contributed by atoms with Gasteiger partial charge in [0.05, 0.1) is 6.42 Å². The summed E-state index contributed by atoms with van der Waals surface area (Å²) in [5.74, 6) is -0.254. The average Bonchev–Trinajstić information content (AvgIpc) is 2.22. The minimum Gasteiger partial charge on any atom is -0.464 e. The zero-order chi connectivity index (χ0) is 13.3. The third-order valence-corrected chi connectivity index (χ3v) is 3.46. The zero-order valence-electron chi connectivity index (χ0n) is 10.2. The van der Waals surface area contributed by atoms with Gasteiger partial charge in [0.1, 0.15) is 6.61 Å². The number of alkyl halides is 3. The summed E-state index contributed by atoms with van der Waals surface area (Å²) in [5, 5.41) is -0.0434. The van der Waals surface area contributed by atoms with Crippen LogP contribution in [-0.4, -0.2) is 29.8 Å². The number of hydrogen-bond acceptors (Lipinski definition) is 3. The van der Waals surface area contributed by atoms with Crippen molar-refractivity contribution in [2.45, 2.75) is 51.0 Å². The lowest BCUT2D eigenvalue weighted by Gasteiger charge is -2.15. The van der Waals surface area contributed by atoms with Crippen LogP contribution >= 0.6 is 11.8 Å². The molecule has 1 atom stereocenters. The van der Waals surface area contributed by atoms with E-state index in [9.17, 15) is 18.0 Å². The Bertz CT molecular complexity index is 219. The molecule has 0 fully saturated rings. The molecule has 0 radical (unpaired) electrons. The highest BCUT2D eigenvalue weighted by Gasteiger charge is 2.26. The first-order chi connectivity index (χ1) is 7.89. The quantitative estimate of drug-likeness (QED) is 0.629. The van der Waals surface area contributed by atoms with Gasteiger partial charge in [-0.1, -0.05) is 13.8 Å². The van der Waals surface area contributed by atoms with Crippen LogP contribution in [0.2, 0.25) is 0 Å². The molecule has 0 heterocycles. The summed E-state index contributed by atoms with van der Waals surface area (Å²) in [5.41, 5.74) is 0. The van der Waals surface area contributed by atoms with E-state index in [2.05, 4.69) is 0 Å². The van der Waals surface area contributed by atoms with Gasteiger partial charge in [-0.3, -0.25) is 4.79 Å². The maximum Gasteiger partial charge on any atom is 0.389 e. The van der Waals surface area contributed by atoms with Gasteiger partial charge in [-0.25, -0.2) is 0 Å². The van der Waals surface area contributed by atoms with Crippen molar-refractivity contribution in [1.82, 2.24) is 0 Å². The molecule has 0 bridgehead atoms. The standard InChI is InChI=1S/C11H19F3O2S/c1-3-5-10(15)16-8-9(4-2)17-7-6-11(12,13)14/h9H,3-8H2,1-2H3. The summed E-state index contributed by atoms with van der Waals surface area (Å²) >= 11 is 1.21. The van der Waals surface area contributed by atoms with E-state index in [1.54, 1.807) is 0 Å². The summed E-state index contributed by atoms with van der Waals surface area (Å²) in [6.45, 7) is 3.95. The lowest BCUT2D eigenvalue weighted by atomic mass is 10.3. The zero-order valence-corrected chi connectivity index (χ0v) is 11.0. The highest BCUT2D eigenvalue weighted by Crippen LogP contribution is 2.25. The molecule has 0 saturated carbocycles. The summed E-state index contributed by atoms with van der Waals surface area (Å²) < 4.78 is 40.8. The first kappa shape index (κ1) is 16.6. The Hall–Kier alpha value is -0.390. The van der Waals surface area contributed by atoms with Gasteiger partial charge in [-0.15, -0.1) is 0 Å². The summed E-state index contributed by atoms with van der Waals surface area (Å²) in [4.78, 5) is 11.1. The lowest BCUT2D eigenvalue weighted by molar-refractivity contribution is -0.143. The van der Waals surface area contributed by atoms with E-state index in [1.165, 1.54) is 11.8 Å². The Morgan fingerprint density at radius 2 is 2.00 bits per heavy atom. The molecule has 0 aromatic heterocycles. The van der Waals surface area contributed by atoms with Crippen LogP contribution in [0.15, 0.2) is 0 Å². The van der Waals surface area contributed by atoms with E-state index < -0.39 is 12.6 Å². The van der Waals surface area contributed by atoms with Gasteiger partial charge in [-0.05, 0) is 12.8 Å². The van der Waals surface area contributed by atoms with Crippen molar-refractivity contribution in [2.24, 2.45) is 0 Å². The van der Waals surface area contributed by atoms with E-state index in [0.29, 0.717) is 12.8 Å². The second-order valence-electron chi connectivity index (χ2n) is 3.70. The van der Waals surface area contributed by atoms with Crippen LogP contribution in [0.25, 0.3) is 0 Å². The number of carbonyl (C=O) groups excluding carboxylic acids is 1. The minimum atomic E-state index is -4.11. The maximum absolute atomic E-state index is 11.9. The molecule has 0 N–H and O–H groups in total. The number of esters is 1. The number of hydrogen-bond donors (Lipinski definition) is 0. The number of carbonyl (C=O) groups is 1. The summed E-state index contributed by atoms with van der Waals surface area (Å²) in [6, 6.07) is 0. The van der Waals surface area contributed by atoms with Crippen LogP contribution in [0.5, 0.6) is 0 Å². The fourth-order valence-corrected chi connectivity index (χ4v) is 2.17. The Morgan fingerprint density at radius 1 is 1.35 bits per heavy atom. The van der Waals surface area contributed by atoms with E-state index in [1.807, 2.05) is 13.8 Å². The number of ether oxygens (including phenoxy) is 1. The predicted octanol–water partition coefficient (Wildman–Crippen LogP) is 3.79. The molecule has 0 amide bonds. The monoisotopic (exact) mass is 272 g/mol. The Balaban J connectivity index is 3.73. The first-order valence-corrected chi connectivity index (χ1v) is 6.77. The smallest absolute Gasteiger partial charge is 0.389 e. The van der Waals surface area contributed by atoms with Gasteiger partial charge in [0.25, 0.3) is 0 Å². The highest BCUT2D eigenvalue weighted by atomic mass is 32.2. The molecule has 0 aliphatic heterocycles. The van der Waals surface area contributed by atoms with Gasteiger partial charge in [-0.2, -0.15) is 24.9 Å². The molecule has 0 rings (SSSR count). The Labute approximate surface area is 104 Å². The number of rotatable bonds is 8. The number of halogens is 3. The third-order valence-electron chi connectivity index (χ3n) is 2.08. The lowest BCUT2D eigenvalue weighted by Crippen LogP contribution is -2.17.